The maximum absolute atomic E-state index is 13.1. The number of para-hydroxylation sites is 1. The van der Waals surface area contributed by atoms with Gasteiger partial charge in [0.15, 0.2) is 0 Å². The summed E-state index contributed by atoms with van der Waals surface area (Å²) in [5.74, 6) is -0.247. The van der Waals surface area contributed by atoms with Crippen LogP contribution in [0.15, 0.2) is 55.2 Å². The van der Waals surface area contributed by atoms with Crippen LogP contribution >= 0.6 is 0 Å². The van der Waals surface area contributed by atoms with Gasteiger partial charge in [-0.15, -0.1) is 0 Å². The second kappa shape index (κ2) is 6.88. The number of amides is 2. The number of carbonyl (C=O) groups excluding carboxylic acids is 2. The summed E-state index contributed by atoms with van der Waals surface area (Å²) in [7, 11) is 0. The smallest absolute Gasteiger partial charge is 0.274 e. The second-order valence-corrected chi connectivity index (χ2v) is 7.92. The van der Waals surface area contributed by atoms with Crippen LogP contribution in [0.4, 0.5) is 0 Å². The molecule has 0 bridgehead atoms. The molecule has 5 rings (SSSR count). The van der Waals surface area contributed by atoms with E-state index in [2.05, 4.69) is 20.5 Å². The largest absolute Gasteiger partial charge is 0.347 e. The van der Waals surface area contributed by atoms with Gasteiger partial charge in [0, 0.05) is 36.6 Å². The van der Waals surface area contributed by atoms with Crippen molar-refractivity contribution in [3.05, 3.63) is 66.5 Å². The zero-order valence-electron chi connectivity index (χ0n) is 15.9. The molecule has 2 N–H and O–H groups in total. The maximum Gasteiger partial charge on any atom is 0.274 e. The van der Waals surface area contributed by atoms with Crippen LogP contribution in [0.25, 0.3) is 5.69 Å². The minimum Gasteiger partial charge on any atom is -0.347 e. The van der Waals surface area contributed by atoms with Gasteiger partial charge in [0.2, 0.25) is 0 Å². The number of nitrogens with one attached hydrogen (secondary N) is 2. The lowest BCUT2D eigenvalue weighted by Gasteiger charge is -2.42. The minimum absolute atomic E-state index is 0.0307. The Morgan fingerprint density at radius 1 is 1.21 bits per heavy atom. The summed E-state index contributed by atoms with van der Waals surface area (Å²) in [6, 6.07) is 9.73. The Bertz CT molecular complexity index is 1020. The number of H-pyrrole nitrogens is 1. The Labute approximate surface area is 167 Å². The molecule has 2 aliphatic rings. The molecule has 2 fully saturated rings. The van der Waals surface area contributed by atoms with E-state index in [9.17, 15) is 9.59 Å². The highest BCUT2D eigenvalue weighted by molar-refractivity contribution is 5.95. The Morgan fingerprint density at radius 2 is 2.03 bits per heavy atom. The van der Waals surface area contributed by atoms with Crippen LogP contribution in [-0.4, -0.2) is 55.6 Å². The summed E-state index contributed by atoms with van der Waals surface area (Å²) in [4.78, 5) is 31.8. The van der Waals surface area contributed by atoms with E-state index >= 15 is 0 Å². The number of benzene rings is 1. The molecule has 0 radical (unpaired) electrons. The van der Waals surface area contributed by atoms with Crippen molar-refractivity contribution >= 4 is 11.8 Å². The number of imidazole rings is 1. The van der Waals surface area contributed by atoms with Crippen molar-refractivity contribution in [1.29, 1.82) is 0 Å². The average molecular weight is 390 g/mol. The first-order valence-corrected chi connectivity index (χ1v) is 9.83. The third-order valence-electron chi connectivity index (χ3n) is 6.21. The van der Waals surface area contributed by atoms with E-state index in [1.54, 1.807) is 18.7 Å². The van der Waals surface area contributed by atoms with Crippen LogP contribution in [0.3, 0.4) is 0 Å². The van der Waals surface area contributed by atoms with Crippen LogP contribution in [0, 0.1) is 5.41 Å². The average Bonchev–Trinajstić information content (AvgIpc) is 3.46. The van der Waals surface area contributed by atoms with E-state index in [1.807, 2.05) is 39.8 Å². The molecule has 148 valence electrons. The first-order valence-electron chi connectivity index (χ1n) is 9.83. The molecule has 1 saturated carbocycles. The van der Waals surface area contributed by atoms with Gasteiger partial charge >= 0.3 is 0 Å². The summed E-state index contributed by atoms with van der Waals surface area (Å²) in [5.41, 5.74) is 1.86. The molecule has 1 saturated heterocycles. The number of nitrogens with zero attached hydrogens (tertiary/aromatic N) is 4. The van der Waals surface area contributed by atoms with Crippen LogP contribution in [-0.2, 0) is 0 Å². The molecular formula is C21H22N6O2. The Hall–Kier alpha value is -3.42. The van der Waals surface area contributed by atoms with Crippen LogP contribution in [0.5, 0.6) is 0 Å². The molecule has 1 unspecified atom stereocenters. The first kappa shape index (κ1) is 17.7. The summed E-state index contributed by atoms with van der Waals surface area (Å²) < 4.78 is 1.85. The van der Waals surface area contributed by atoms with Gasteiger partial charge < -0.3 is 14.8 Å². The molecule has 2 amide bonds. The Kier molecular flexibility index (Phi) is 4.19. The van der Waals surface area contributed by atoms with Crippen molar-refractivity contribution in [3.8, 4) is 5.69 Å². The number of aromatic amines is 1. The van der Waals surface area contributed by atoms with Gasteiger partial charge in [-0.2, -0.15) is 5.10 Å². The van der Waals surface area contributed by atoms with Gasteiger partial charge in [-0.3, -0.25) is 14.7 Å². The fourth-order valence-corrected chi connectivity index (χ4v) is 4.41. The third kappa shape index (κ3) is 3.10. The highest BCUT2D eigenvalue weighted by Gasteiger charge is 2.52. The molecule has 1 aromatic carbocycles. The summed E-state index contributed by atoms with van der Waals surface area (Å²) in [6.45, 7) is 1.15. The van der Waals surface area contributed by atoms with Crippen molar-refractivity contribution < 1.29 is 9.59 Å². The maximum atomic E-state index is 13.1. The number of aromatic nitrogens is 4. The van der Waals surface area contributed by atoms with E-state index in [0.29, 0.717) is 24.3 Å². The normalized spacial score (nSPS) is 19.9. The van der Waals surface area contributed by atoms with E-state index in [0.717, 1.165) is 24.9 Å². The number of rotatable bonds is 4. The lowest BCUT2D eigenvalue weighted by Crippen LogP contribution is -2.50. The molecule has 1 atom stereocenters. The van der Waals surface area contributed by atoms with Crippen molar-refractivity contribution in [3.63, 3.8) is 0 Å². The van der Waals surface area contributed by atoms with E-state index in [1.165, 1.54) is 6.20 Å². The monoisotopic (exact) mass is 390 g/mol. The standard InChI is InChI=1S/C21H22N6O2/c28-19(15-9-23-24-10-15)25-18-12-26(13-21(18)7-4-8-21)20(29)17-11-27(14-22-17)16-5-2-1-3-6-16/h1-3,5-6,9-11,14,18H,4,7-8,12-13H2,(H,23,24)(H,25,28). The zero-order valence-corrected chi connectivity index (χ0v) is 15.9. The summed E-state index contributed by atoms with van der Waals surface area (Å²) in [5, 5.41) is 9.62. The topological polar surface area (TPSA) is 95.9 Å². The molecule has 1 spiro atoms. The minimum atomic E-state index is -0.155. The molecule has 1 aliphatic carbocycles. The van der Waals surface area contributed by atoms with Crippen LogP contribution < -0.4 is 5.32 Å². The van der Waals surface area contributed by atoms with Crippen molar-refractivity contribution in [2.24, 2.45) is 5.41 Å². The highest BCUT2D eigenvalue weighted by Crippen LogP contribution is 2.48. The number of carbonyl (C=O) groups is 2. The second-order valence-electron chi connectivity index (χ2n) is 7.92. The van der Waals surface area contributed by atoms with E-state index in [4.69, 9.17) is 0 Å². The number of likely N-dealkylation sites (tertiary alicyclic amines) is 1. The van der Waals surface area contributed by atoms with E-state index in [-0.39, 0.29) is 23.3 Å². The zero-order chi connectivity index (χ0) is 19.8. The van der Waals surface area contributed by atoms with Gasteiger partial charge in [0.05, 0.1) is 17.8 Å². The lowest BCUT2D eigenvalue weighted by atomic mass is 9.65. The SMILES string of the molecule is O=C(NC1CN(C(=O)c2cn(-c3ccccc3)cn2)CC12CCC2)c1cn[nH]c1. The van der Waals surface area contributed by atoms with Gasteiger partial charge in [0.1, 0.15) is 12.0 Å². The van der Waals surface area contributed by atoms with Gasteiger partial charge in [-0.05, 0) is 25.0 Å². The Morgan fingerprint density at radius 3 is 2.72 bits per heavy atom. The van der Waals surface area contributed by atoms with Crippen LogP contribution in [0.2, 0.25) is 0 Å². The molecule has 3 heterocycles. The fourth-order valence-electron chi connectivity index (χ4n) is 4.41. The summed E-state index contributed by atoms with van der Waals surface area (Å²) >= 11 is 0. The molecule has 8 nitrogen and oxygen atoms in total. The first-order chi connectivity index (χ1) is 14.1. The summed E-state index contributed by atoms with van der Waals surface area (Å²) in [6.07, 6.45) is 9.69. The quantitative estimate of drug-likeness (QED) is 0.712. The number of hydrogen-bond donors (Lipinski definition) is 2. The van der Waals surface area contributed by atoms with Crippen molar-refractivity contribution in [1.82, 2.24) is 30.0 Å². The van der Waals surface area contributed by atoms with Gasteiger partial charge in [0.25, 0.3) is 11.8 Å². The predicted octanol–water partition coefficient (Wildman–Crippen LogP) is 2.02. The van der Waals surface area contributed by atoms with Gasteiger partial charge in [-0.25, -0.2) is 4.98 Å². The molecule has 2 aromatic heterocycles. The predicted molar refractivity (Wildman–Crippen MR) is 106 cm³/mol. The lowest BCUT2D eigenvalue weighted by molar-refractivity contribution is 0.0702. The Balaban J connectivity index is 1.32. The van der Waals surface area contributed by atoms with Crippen molar-refractivity contribution in [2.45, 2.75) is 25.3 Å². The number of hydrogen-bond acceptors (Lipinski definition) is 4. The van der Waals surface area contributed by atoms with Crippen molar-refractivity contribution in [2.75, 3.05) is 13.1 Å². The molecule has 3 aromatic rings. The van der Waals surface area contributed by atoms with E-state index < -0.39 is 0 Å². The fraction of sp³-hybridized carbons (Fsp3) is 0.333. The highest BCUT2D eigenvalue weighted by atomic mass is 16.2. The van der Waals surface area contributed by atoms with Crippen LogP contribution in [0.1, 0.15) is 40.1 Å². The molecular weight excluding hydrogens is 368 g/mol. The molecule has 8 heteroatoms. The molecule has 29 heavy (non-hydrogen) atoms. The molecule has 1 aliphatic heterocycles. The third-order valence-corrected chi connectivity index (χ3v) is 6.21. The van der Waals surface area contributed by atoms with Gasteiger partial charge in [-0.1, -0.05) is 24.6 Å².